The molecule has 23 heavy (non-hydrogen) atoms. The number of carbonyl (C=O) groups is 1. The van der Waals surface area contributed by atoms with E-state index in [-0.39, 0.29) is 17.9 Å². The van der Waals surface area contributed by atoms with Crippen LogP contribution in [0, 0.1) is 0 Å². The minimum absolute atomic E-state index is 0.153. The van der Waals surface area contributed by atoms with E-state index in [1.165, 1.54) is 18.4 Å². The topological polar surface area (TPSA) is 79.5 Å². The number of nitrogens with one attached hydrogen (secondary N) is 1. The Labute approximate surface area is 134 Å². The molecule has 2 N–H and O–H groups in total. The van der Waals surface area contributed by atoms with Gasteiger partial charge in [-0.2, -0.15) is 0 Å². The van der Waals surface area contributed by atoms with Gasteiger partial charge in [0.25, 0.3) is 0 Å². The lowest BCUT2D eigenvalue weighted by atomic mass is 10.1. The van der Waals surface area contributed by atoms with Crippen molar-refractivity contribution in [3.63, 3.8) is 0 Å². The van der Waals surface area contributed by atoms with E-state index in [2.05, 4.69) is 5.32 Å². The molecule has 0 aliphatic carbocycles. The molecule has 0 unspecified atom stereocenters. The van der Waals surface area contributed by atoms with Crippen molar-refractivity contribution in [1.82, 2.24) is 5.32 Å². The average molecular weight is 315 g/mol. The number of hydrogen-bond acceptors (Lipinski definition) is 4. The monoisotopic (exact) mass is 315 g/mol. The SMILES string of the molecule is O=C(/C=C/c1coc2ccccc2c1=O)NCCCCCCO. The summed E-state index contributed by atoms with van der Waals surface area (Å²) < 4.78 is 5.39. The normalized spacial score (nSPS) is 11.2. The minimum atomic E-state index is -0.236. The smallest absolute Gasteiger partial charge is 0.244 e. The van der Waals surface area contributed by atoms with Crippen LogP contribution in [0.15, 0.2) is 45.8 Å². The molecular formula is C18H21NO4. The van der Waals surface area contributed by atoms with Crippen molar-refractivity contribution in [3.05, 3.63) is 52.4 Å². The van der Waals surface area contributed by atoms with Crippen LogP contribution in [0.2, 0.25) is 0 Å². The number of hydrogen-bond donors (Lipinski definition) is 2. The number of unbranched alkanes of at least 4 members (excludes halogenated alkanes) is 3. The summed E-state index contributed by atoms with van der Waals surface area (Å²) in [6, 6.07) is 7.00. The van der Waals surface area contributed by atoms with Gasteiger partial charge < -0.3 is 14.8 Å². The zero-order chi connectivity index (χ0) is 16.5. The Kier molecular flexibility index (Phi) is 6.56. The van der Waals surface area contributed by atoms with Crippen LogP contribution in [0.5, 0.6) is 0 Å². The summed E-state index contributed by atoms with van der Waals surface area (Å²) in [7, 11) is 0. The van der Waals surface area contributed by atoms with Gasteiger partial charge in [0.2, 0.25) is 5.91 Å². The fraction of sp³-hybridized carbons (Fsp3) is 0.333. The number of aliphatic hydroxyl groups excluding tert-OH is 1. The van der Waals surface area contributed by atoms with Gasteiger partial charge in [0.15, 0.2) is 5.43 Å². The van der Waals surface area contributed by atoms with Crippen molar-refractivity contribution >= 4 is 23.0 Å². The minimum Gasteiger partial charge on any atom is -0.463 e. The first kappa shape index (κ1) is 17.0. The molecule has 0 spiro atoms. The predicted octanol–water partition coefficient (Wildman–Crippen LogP) is 2.48. The Morgan fingerprint density at radius 3 is 2.78 bits per heavy atom. The van der Waals surface area contributed by atoms with E-state index >= 15 is 0 Å². The molecule has 1 aromatic carbocycles. The fourth-order valence-corrected chi connectivity index (χ4v) is 2.23. The van der Waals surface area contributed by atoms with Gasteiger partial charge in [-0.15, -0.1) is 0 Å². The number of aliphatic hydroxyl groups is 1. The van der Waals surface area contributed by atoms with Gasteiger partial charge in [0.1, 0.15) is 11.8 Å². The molecular weight excluding hydrogens is 294 g/mol. The zero-order valence-electron chi connectivity index (χ0n) is 13.0. The molecule has 0 aliphatic rings. The van der Waals surface area contributed by atoms with Gasteiger partial charge in [-0.1, -0.05) is 25.0 Å². The van der Waals surface area contributed by atoms with E-state index in [4.69, 9.17) is 9.52 Å². The van der Waals surface area contributed by atoms with E-state index in [9.17, 15) is 9.59 Å². The molecule has 5 heteroatoms. The highest BCUT2D eigenvalue weighted by atomic mass is 16.3. The highest BCUT2D eigenvalue weighted by Crippen LogP contribution is 2.11. The maximum Gasteiger partial charge on any atom is 0.244 e. The highest BCUT2D eigenvalue weighted by molar-refractivity contribution is 5.92. The molecule has 1 heterocycles. The third kappa shape index (κ3) is 5.07. The maximum absolute atomic E-state index is 12.2. The van der Waals surface area contributed by atoms with Crippen molar-refractivity contribution < 1.29 is 14.3 Å². The molecule has 0 fully saturated rings. The fourth-order valence-electron chi connectivity index (χ4n) is 2.23. The molecule has 0 atom stereocenters. The number of para-hydroxylation sites is 1. The second-order valence-corrected chi connectivity index (χ2v) is 5.28. The number of benzene rings is 1. The molecule has 122 valence electrons. The van der Waals surface area contributed by atoms with Crippen LogP contribution in [0.4, 0.5) is 0 Å². The van der Waals surface area contributed by atoms with Crippen molar-refractivity contribution in [3.8, 4) is 0 Å². The molecule has 0 radical (unpaired) electrons. The Balaban J connectivity index is 1.89. The molecule has 1 aromatic heterocycles. The molecule has 1 amide bonds. The van der Waals surface area contributed by atoms with Gasteiger partial charge in [-0.05, 0) is 31.1 Å². The second kappa shape index (κ2) is 8.90. The molecule has 2 aromatic rings. The Morgan fingerprint density at radius 2 is 1.96 bits per heavy atom. The predicted molar refractivity (Wildman–Crippen MR) is 90.1 cm³/mol. The summed E-state index contributed by atoms with van der Waals surface area (Å²) in [6.07, 6.45) is 7.78. The van der Waals surface area contributed by atoms with Gasteiger partial charge in [-0.3, -0.25) is 9.59 Å². The highest BCUT2D eigenvalue weighted by Gasteiger charge is 2.04. The Bertz CT molecular complexity index is 733. The first-order valence-electron chi connectivity index (χ1n) is 7.79. The third-order valence-corrected chi connectivity index (χ3v) is 3.51. The molecule has 0 aliphatic heterocycles. The first-order valence-corrected chi connectivity index (χ1v) is 7.79. The third-order valence-electron chi connectivity index (χ3n) is 3.51. The van der Waals surface area contributed by atoms with Crippen LogP contribution in [0.3, 0.4) is 0 Å². The maximum atomic E-state index is 12.2. The van der Waals surface area contributed by atoms with Gasteiger partial charge >= 0.3 is 0 Å². The van der Waals surface area contributed by atoms with Crippen LogP contribution >= 0.6 is 0 Å². The summed E-state index contributed by atoms with van der Waals surface area (Å²) in [4.78, 5) is 23.9. The summed E-state index contributed by atoms with van der Waals surface area (Å²) in [6.45, 7) is 0.796. The summed E-state index contributed by atoms with van der Waals surface area (Å²) >= 11 is 0. The lowest BCUT2D eigenvalue weighted by Gasteiger charge is -2.02. The molecule has 2 rings (SSSR count). The Morgan fingerprint density at radius 1 is 1.17 bits per heavy atom. The summed E-state index contributed by atoms with van der Waals surface area (Å²) in [5.41, 5.74) is 0.726. The molecule has 0 saturated carbocycles. The summed E-state index contributed by atoms with van der Waals surface area (Å²) in [5, 5.41) is 11.9. The number of amides is 1. The first-order chi connectivity index (χ1) is 11.2. The molecule has 0 saturated heterocycles. The van der Waals surface area contributed by atoms with E-state index in [1.807, 2.05) is 0 Å². The van der Waals surface area contributed by atoms with Crippen molar-refractivity contribution in [2.75, 3.05) is 13.2 Å². The number of fused-ring (bicyclic) bond motifs is 1. The van der Waals surface area contributed by atoms with Gasteiger partial charge in [-0.25, -0.2) is 0 Å². The van der Waals surface area contributed by atoms with Gasteiger partial charge in [0, 0.05) is 19.2 Å². The number of rotatable bonds is 8. The Hall–Kier alpha value is -2.40. The number of carbonyl (C=O) groups excluding carboxylic acids is 1. The second-order valence-electron chi connectivity index (χ2n) is 5.28. The average Bonchev–Trinajstić information content (AvgIpc) is 2.57. The zero-order valence-corrected chi connectivity index (χ0v) is 13.0. The van der Waals surface area contributed by atoms with E-state index in [1.54, 1.807) is 24.3 Å². The van der Waals surface area contributed by atoms with Crippen molar-refractivity contribution in [1.29, 1.82) is 0 Å². The standard InChI is InChI=1S/C18H21NO4/c20-12-6-2-1-5-11-19-17(21)10-9-14-13-23-16-8-4-3-7-15(16)18(14)22/h3-4,7-10,13,20H,1-2,5-6,11-12H2,(H,19,21)/b10-9+. The van der Waals surface area contributed by atoms with Crippen molar-refractivity contribution in [2.45, 2.75) is 25.7 Å². The van der Waals surface area contributed by atoms with E-state index in [0.29, 0.717) is 23.1 Å². The summed E-state index contributed by atoms with van der Waals surface area (Å²) in [5.74, 6) is -0.236. The van der Waals surface area contributed by atoms with Crippen LogP contribution < -0.4 is 10.7 Å². The van der Waals surface area contributed by atoms with Gasteiger partial charge in [0.05, 0.1) is 10.9 Å². The molecule has 0 bridgehead atoms. The van der Waals surface area contributed by atoms with E-state index < -0.39 is 0 Å². The van der Waals surface area contributed by atoms with Crippen LogP contribution in [-0.4, -0.2) is 24.2 Å². The quantitative estimate of drug-likeness (QED) is 0.579. The largest absolute Gasteiger partial charge is 0.463 e. The van der Waals surface area contributed by atoms with E-state index in [0.717, 1.165) is 25.7 Å². The van der Waals surface area contributed by atoms with Crippen LogP contribution in [0.25, 0.3) is 17.0 Å². The van der Waals surface area contributed by atoms with Crippen molar-refractivity contribution in [2.24, 2.45) is 0 Å². The molecule has 5 nitrogen and oxygen atoms in total. The van der Waals surface area contributed by atoms with Crippen LogP contribution in [-0.2, 0) is 4.79 Å². The lowest BCUT2D eigenvalue weighted by Crippen LogP contribution is -2.22. The lowest BCUT2D eigenvalue weighted by molar-refractivity contribution is -0.116. The van der Waals surface area contributed by atoms with Crippen LogP contribution in [0.1, 0.15) is 31.2 Å².